The summed E-state index contributed by atoms with van der Waals surface area (Å²) in [5, 5.41) is 10.2. The highest BCUT2D eigenvalue weighted by molar-refractivity contribution is 6.17. The molecule has 1 aliphatic rings. The molecule has 112 valence electrons. The van der Waals surface area contributed by atoms with E-state index in [1.54, 1.807) is 0 Å². The summed E-state index contributed by atoms with van der Waals surface area (Å²) in [7, 11) is 0. The second-order valence-electron chi connectivity index (χ2n) is 6.23. The van der Waals surface area contributed by atoms with Crippen LogP contribution in [0.5, 0.6) is 11.5 Å². The topological polar surface area (TPSA) is 29.5 Å². The average molecular weight is 297 g/mol. The summed E-state index contributed by atoms with van der Waals surface area (Å²) in [5.74, 6) is 2.14. The summed E-state index contributed by atoms with van der Waals surface area (Å²) < 4.78 is 6.36. The minimum Gasteiger partial charge on any atom is -0.507 e. The van der Waals surface area contributed by atoms with Crippen LogP contribution in [0.2, 0.25) is 0 Å². The SMILES string of the molecule is Cc1c(C)c2c(c(C)c1O)CCC(C)(CCCCCl)O2. The molecule has 1 aliphatic heterocycles. The van der Waals surface area contributed by atoms with E-state index in [0.717, 1.165) is 60.4 Å². The third-order valence-corrected chi connectivity index (χ3v) is 4.95. The molecule has 2 nitrogen and oxygen atoms in total. The van der Waals surface area contributed by atoms with Gasteiger partial charge in [-0.05, 0) is 76.5 Å². The van der Waals surface area contributed by atoms with Crippen LogP contribution in [0, 0.1) is 20.8 Å². The molecule has 0 aliphatic carbocycles. The zero-order chi connectivity index (χ0) is 14.9. The Balaban J connectivity index is 2.30. The number of halogens is 1. The monoisotopic (exact) mass is 296 g/mol. The molecule has 1 unspecified atom stereocenters. The molecule has 20 heavy (non-hydrogen) atoms. The number of hydrogen-bond donors (Lipinski definition) is 1. The number of phenolic OH excluding ortho intramolecular Hbond substituents is 1. The standard InChI is InChI=1S/C17H25ClO2/c1-11-12(2)16-14(13(3)15(11)19)7-9-17(4,20-16)8-5-6-10-18/h19H,5-10H2,1-4H3. The molecule has 0 saturated carbocycles. The fourth-order valence-corrected chi connectivity index (χ4v) is 3.25. The van der Waals surface area contributed by atoms with Crippen molar-refractivity contribution in [3.05, 3.63) is 22.3 Å². The third kappa shape index (κ3) is 2.76. The van der Waals surface area contributed by atoms with Crippen LogP contribution in [0.4, 0.5) is 0 Å². The van der Waals surface area contributed by atoms with Gasteiger partial charge in [0.1, 0.15) is 17.1 Å². The van der Waals surface area contributed by atoms with Gasteiger partial charge in [-0.3, -0.25) is 0 Å². The van der Waals surface area contributed by atoms with Crippen molar-refractivity contribution >= 4 is 11.6 Å². The third-order valence-electron chi connectivity index (χ3n) is 4.68. The molecular formula is C17H25ClO2. The smallest absolute Gasteiger partial charge is 0.127 e. The molecule has 3 heteroatoms. The molecule has 0 amide bonds. The van der Waals surface area contributed by atoms with Crippen LogP contribution in [-0.4, -0.2) is 16.6 Å². The Morgan fingerprint density at radius 2 is 1.85 bits per heavy atom. The fourth-order valence-electron chi connectivity index (χ4n) is 3.06. The molecule has 0 radical (unpaired) electrons. The number of alkyl halides is 1. The van der Waals surface area contributed by atoms with Crippen LogP contribution in [0.1, 0.15) is 54.9 Å². The fraction of sp³-hybridized carbons (Fsp3) is 0.647. The molecule has 1 aromatic rings. The summed E-state index contributed by atoms with van der Waals surface area (Å²) in [6, 6.07) is 0. The predicted molar refractivity (Wildman–Crippen MR) is 84.2 cm³/mol. The van der Waals surface area contributed by atoms with Crippen molar-refractivity contribution in [2.24, 2.45) is 0 Å². The number of ether oxygens (including phenoxy) is 1. The number of hydrogen-bond acceptors (Lipinski definition) is 2. The van der Waals surface area contributed by atoms with Crippen LogP contribution >= 0.6 is 11.6 Å². The van der Waals surface area contributed by atoms with E-state index in [1.807, 2.05) is 20.8 Å². The van der Waals surface area contributed by atoms with E-state index in [0.29, 0.717) is 5.75 Å². The highest BCUT2D eigenvalue weighted by atomic mass is 35.5. The summed E-state index contributed by atoms with van der Waals surface area (Å²) in [6.45, 7) is 8.18. The van der Waals surface area contributed by atoms with Crippen molar-refractivity contribution in [1.29, 1.82) is 0 Å². The van der Waals surface area contributed by atoms with Crippen molar-refractivity contribution in [2.75, 3.05) is 5.88 Å². The van der Waals surface area contributed by atoms with Crippen molar-refractivity contribution in [3.63, 3.8) is 0 Å². The maximum atomic E-state index is 10.2. The molecule has 0 saturated heterocycles. The molecule has 1 N–H and O–H groups in total. The van der Waals surface area contributed by atoms with E-state index in [4.69, 9.17) is 16.3 Å². The number of aromatic hydroxyl groups is 1. The van der Waals surface area contributed by atoms with Gasteiger partial charge < -0.3 is 9.84 Å². The highest BCUT2D eigenvalue weighted by Gasteiger charge is 2.33. The lowest BCUT2D eigenvalue weighted by molar-refractivity contribution is 0.0527. The summed E-state index contributed by atoms with van der Waals surface area (Å²) in [5.41, 5.74) is 4.07. The summed E-state index contributed by atoms with van der Waals surface area (Å²) >= 11 is 5.76. The maximum Gasteiger partial charge on any atom is 0.127 e. The lowest BCUT2D eigenvalue weighted by atomic mass is 9.85. The van der Waals surface area contributed by atoms with Crippen LogP contribution in [0.25, 0.3) is 0 Å². The first-order chi connectivity index (χ1) is 9.39. The Hall–Kier alpha value is -0.890. The molecule has 2 rings (SSSR count). The highest BCUT2D eigenvalue weighted by Crippen LogP contribution is 2.44. The van der Waals surface area contributed by atoms with Gasteiger partial charge in [0, 0.05) is 11.4 Å². The molecule has 1 atom stereocenters. The van der Waals surface area contributed by atoms with E-state index in [1.165, 1.54) is 5.56 Å². The number of benzene rings is 1. The Bertz CT molecular complexity index is 510. The summed E-state index contributed by atoms with van der Waals surface area (Å²) in [6.07, 6.45) is 5.17. The first-order valence-corrected chi connectivity index (χ1v) is 7.99. The predicted octanol–water partition coefficient (Wildman–Crippen LogP) is 4.81. The van der Waals surface area contributed by atoms with E-state index in [-0.39, 0.29) is 5.60 Å². The van der Waals surface area contributed by atoms with Crippen LogP contribution < -0.4 is 4.74 Å². The van der Waals surface area contributed by atoms with Crippen LogP contribution in [0.15, 0.2) is 0 Å². The second-order valence-corrected chi connectivity index (χ2v) is 6.61. The second kappa shape index (κ2) is 5.85. The number of unbranched alkanes of at least 4 members (excludes halogenated alkanes) is 1. The summed E-state index contributed by atoms with van der Waals surface area (Å²) in [4.78, 5) is 0. The Morgan fingerprint density at radius 3 is 2.50 bits per heavy atom. The van der Waals surface area contributed by atoms with Crippen LogP contribution in [0.3, 0.4) is 0 Å². The average Bonchev–Trinajstić information content (AvgIpc) is 2.43. The Kier molecular flexibility index (Phi) is 4.53. The van der Waals surface area contributed by atoms with Gasteiger partial charge in [0.15, 0.2) is 0 Å². The van der Waals surface area contributed by atoms with E-state index < -0.39 is 0 Å². The zero-order valence-electron chi connectivity index (χ0n) is 13.0. The van der Waals surface area contributed by atoms with Crippen molar-refractivity contribution in [2.45, 2.75) is 65.4 Å². The lowest BCUT2D eigenvalue weighted by Crippen LogP contribution is -2.37. The van der Waals surface area contributed by atoms with E-state index in [9.17, 15) is 5.11 Å². The number of fused-ring (bicyclic) bond motifs is 1. The van der Waals surface area contributed by atoms with Gasteiger partial charge in [-0.1, -0.05) is 0 Å². The largest absolute Gasteiger partial charge is 0.507 e. The first-order valence-electron chi connectivity index (χ1n) is 7.46. The number of phenols is 1. The molecule has 0 spiro atoms. The van der Waals surface area contributed by atoms with Crippen molar-refractivity contribution < 1.29 is 9.84 Å². The van der Waals surface area contributed by atoms with Crippen molar-refractivity contribution in [1.82, 2.24) is 0 Å². The van der Waals surface area contributed by atoms with Crippen LogP contribution in [-0.2, 0) is 6.42 Å². The Labute approximate surface area is 127 Å². The minimum absolute atomic E-state index is 0.0975. The molecule has 1 aromatic carbocycles. The van der Waals surface area contributed by atoms with E-state index in [2.05, 4.69) is 6.92 Å². The van der Waals surface area contributed by atoms with Crippen molar-refractivity contribution in [3.8, 4) is 11.5 Å². The minimum atomic E-state index is -0.0975. The lowest BCUT2D eigenvalue weighted by Gasteiger charge is -2.38. The normalized spacial score (nSPS) is 21.4. The van der Waals surface area contributed by atoms with Gasteiger partial charge in [0.2, 0.25) is 0 Å². The first kappa shape index (κ1) is 15.5. The Morgan fingerprint density at radius 1 is 1.15 bits per heavy atom. The molecule has 0 aromatic heterocycles. The van der Waals surface area contributed by atoms with Gasteiger partial charge in [-0.2, -0.15) is 0 Å². The van der Waals surface area contributed by atoms with E-state index >= 15 is 0 Å². The molecule has 0 fully saturated rings. The maximum absolute atomic E-state index is 10.2. The quantitative estimate of drug-likeness (QED) is 0.638. The molecular weight excluding hydrogens is 272 g/mol. The van der Waals surface area contributed by atoms with Gasteiger partial charge >= 0.3 is 0 Å². The zero-order valence-corrected chi connectivity index (χ0v) is 13.7. The van der Waals surface area contributed by atoms with Gasteiger partial charge in [0.05, 0.1) is 0 Å². The van der Waals surface area contributed by atoms with Gasteiger partial charge in [-0.15, -0.1) is 11.6 Å². The number of rotatable bonds is 4. The molecule has 1 heterocycles. The van der Waals surface area contributed by atoms with Gasteiger partial charge in [-0.25, -0.2) is 0 Å². The van der Waals surface area contributed by atoms with Gasteiger partial charge in [0.25, 0.3) is 0 Å². The molecule has 0 bridgehead atoms.